The molecule has 0 fully saturated rings. The van der Waals surface area contributed by atoms with Crippen LogP contribution in [0.1, 0.15) is 447 Å². The van der Waals surface area contributed by atoms with Gasteiger partial charge in [0.05, 0.1) is 26.4 Å². The highest BCUT2D eigenvalue weighted by molar-refractivity contribution is 7.47. The first kappa shape index (κ1) is 102. The van der Waals surface area contributed by atoms with Gasteiger partial charge in [-0.05, 0) is 43.4 Å². The SMILES string of the molecule is CCCCCCCCCCCCCCCCCCCCCCC(=O)OC[C@H](COP(=O)(O)OC[C@@H](O)COP(=O)(O)OC[C@@H](COC(=O)CCCCCCCCC(C)CC)OC(=O)CCCCCCCCCCC(C)CC)OC(=O)CCCCCCCCCCCCCCCCCCCCC(C)CC. The summed E-state index contributed by atoms with van der Waals surface area (Å²) in [5.74, 6) is 0.261. The van der Waals surface area contributed by atoms with E-state index in [9.17, 15) is 43.2 Å². The fraction of sp³-hybridized carbons (Fsp3) is 0.953. The number of rotatable bonds is 83. The van der Waals surface area contributed by atoms with Gasteiger partial charge >= 0.3 is 39.5 Å². The third kappa shape index (κ3) is 74.2. The Morgan fingerprint density at radius 3 is 0.683 bits per heavy atom. The zero-order valence-electron chi connectivity index (χ0n) is 68.5. The number of hydrogen-bond donors (Lipinski definition) is 3. The van der Waals surface area contributed by atoms with Crippen LogP contribution in [0.25, 0.3) is 0 Å². The number of carbonyl (C=O) groups excluding carboxylic acids is 4. The van der Waals surface area contributed by atoms with Crippen LogP contribution in [0.2, 0.25) is 0 Å². The van der Waals surface area contributed by atoms with Crippen molar-refractivity contribution < 1.29 is 80.2 Å². The number of phosphoric ester groups is 2. The van der Waals surface area contributed by atoms with Crippen molar-refractivity contribution in [1.29, 1.82) is 0 Å². The molecule has 0 aliphatic carbocycles. The lowest BCUT2D eigenvalue weighted by Gasteiger charge is -2.21. The van der Waals surface area contributed by atoms with Gasteiger partial charge < -0.3 is 33.8 Å². The average molecular weight is 1520 g/mol. The van der Waals surface area contributed by atoms with Gasteiger partial charge in [-0.15, -0.1) is 0 Å². The normalized spacial score (nSPS) is 14.7. The second-order valence-corrected chi connectivity index (χ2v) is 34.2. The quantitative estimate of drug-likeness (QED) is 0.0222. The van der Waals surface area contributed by atoms with Crippen molar-refractivity contribution in [3.8, 4) is 0 Å². The van der Waals surface area contributed by atoms with E-state index in [-0.39, 0.29) is 25.7 Å². The molecule has 0 spiro atoms. The van der Waals surface area contributed by atoms with Crippen LogP contribution < -0.4 is 0 Å². The molecular formula is C85H166O17P2. The highest BCUT2D eigenvalue weighted by Crippen LogP contribution is 2.45. The molecule has 5 unspecified atom stereocenters. The van der Waals surface area contributed by atoms with Gasteiger partial charge in [-0.3, -0.25) is 37.3 Å². The second-order valence-electron chi connectivity index (χ2n) is 31.3. The van der Waals surface area contributed by atoms with Gasteiger partial charge in [-0.2, -0.15) is 0 Å². The van der Waals surface area contributed by atoms with E-state index in [4.69, 9.17) is 37.0 Å². The number of esters is 4. The molecule has 0 aromatic carbocycles. The Hall–Kier alpha value is -1.94. The summed E-state index contributed by atoms with van der Waals surface area (Å²) < 4.78 is 68.8. The first-order valence-corrected chi connectivity index (χ1v) is 47.0. The third-order valence-electron chi connectivity index (χ3n) is 21.0. The molecular weight excluding hydrogens is 1350 g/mol. The molecule has 8 atom stereocenters. The van der Waals surface area contributed by atoms with E-state index in [1.54, 1.807) is 0 Å². The number of aliphatic hydroxyl groups excluding tert-OH is 1. The summed E-state index contributed by atoms with van der Waals surface area (Å²) >= 11 is 0. The standard InChI is InChI=1S/C85H166O17P2/c1-8-12-13-14-15-16-17-18-19-20-21-22-26-29-32-35-38-44-52-59-66-82(87)95-72-80(101-84(89)68-61-54-45-39-36-33-30-27-24-23-25-28-31-34-37-42-49-56-63-76(5)9-2)74-99-103(91,92)97-70-79(86)71-98-104(93,94)100-75-81(73-96-83(88)67-60-53-48-47-51-58-65-78(7)11-4)102-85(90)69-62-55-46-41-40-43-50-57-64-77(6)10-3/h76-81,86H,8-75H2,1-7H3,(H,91,92)(H,93,94)/t76?,77?,78?,79-,80-,81-/m1/s1. The monoisotopic (exact) mass is 1520 g/mol. The maximum Gasteiger partial charge on any atom is 0.472 e. The van der Waals surface area contributed by atoms with Crippen molar-refractivity contribution in [2.45, 2.75) is 465 Å². The number of hydrogen-bond acceptors (Lipinski definition) is 15. The Morgan fingerprint density at radius 2 is 0.462 bits per heavy atom. The Kier molecular flexibility index (Phi) is 73.7. The maximum atomic E-state index is 13.1. The summed E-state index contributed by atoms with van der Waals surface area (Å²) in [5, 5.41) is 10.7. The topological polar surface area (TPSA) is 237 Å². The zero-order chi connectivity index (χ0) is 76.5. The summed E-state index contributed by atoms with van der Waals surface area (Å²) in [6, 6.07) is 0. The molecule has 17 nitrogen and oxygen atoms in total. The maximum absolute atomic E-state index is 13.1. The summed E-state index contributed by atoms with van der Waals surface area (Å²) in [5.41, 5.74) is 0. The van der Waals surface area contributed by atoms with Crippen LogP contribution in [0.3, 0.4) is 0 Å². The molecule has 0 saturated heterocycles. The smallest absolute Gasteiger partial charge is 0.462 e. The highest BCUT2D eigenvalue weighted by Gasteiger charge is 2.30. The van der Waals surface area contributed by atoms with Crippen LogP contribution in [0.4, 0.5) is 0 Å². The molecule has 19 heteroatoms. The van der Waals surface area contributed by atoms with Crippen LogP contribution in [0, 0.1) is 17.8 Å². The van der Waals surface area contributed by atoms with Gasteiger partial charge in [0.15, 0.2) is 12.2 Å². The number of ether oxygens (including phenoxy) is 4. The van der Waals surface area contributed by atoms with Crippen LogP contribution in [0.5, 0.6) is 0 Å². The van der Waals surface area contributed by atoms with Gasteiger partial charge in [-0.1, -0.05) is 395 Å². The van der Waals surface area contributed by atoms with Gasteiger partial charge in [0.25, 0.3) is 0 Å². The molecule has 0 aliphatic rings. The van der Waals surface area contributed by atoms with Crippen molar-refractivity contribution in [3.05, 3.63) is 0 Å². The van der Waals surface area contributed by atoms with E-state index in [2.05, 4.69) is 48.5 Å². The molecule has 0 saturated carbocycles. The lowest BCUT2D eigenvalue weighted by Crippen LogP contribution is -2.30. The summed E-state index contributed by atoms with van der Waals surface area (Å²) in [4.78, 5) is 73.1. The fourth-order valence-corrected chi connectivity index (χ4v) is 14.7. The molecule has 104 heavy (non-hydrogen) atoms. The van der Waals surface area contributed by atoms with E-state index in [0.717, 1.165) is 114 Å². The number of carbonyl (C=O) groups is 4. The molecule has 0 bridgehead atoms. The molecule has 0 aromatic rings. The van der Waals surface area contributed by atoms with Gasteiger partial charge in [0, 0.05) is 25.7 Å². The minimum absolute atomic E-state index is 0.104. The predicted octanol–water partition coefficient (Wildman–Crippen LogP) is 25.7. The molecule has 0 rings (SSSR count). The first-order chi connectivity index (χ1) is 50.3. The lowest BCUT2D eigenvalue weighted by molar-refractivity contribution is -0.161. The first-order valence-electron chi connectivity index (χ1n) is 44.0. The second kappa shape index (κ2) is 75.1. The zero-order valence-corrected chi connectivity index (χ0v) is 70.3. The van der Waals surface area contributed by atoms with E-state index in [0.29, 0.717) is 25.7 Å². The van der Waals surface area contributed by atoms with Crippen LogP contribution in [-0.2, 0) is 65.4 Å². The van der Waals surface area contributed by atoms with Crippen LogP contribution in [-0.4, -0.2) is 96.7 Å². The molecule has 0 aliphatic heterocycles. The van der Waals surface area contributed by atoms with Gasteiger partial charge in [0.1, 0.15) is 19.3 Å². The minimum Gasteiger partial charge on any atom is -0.462 e. The number of unbranched alkanes of at least 4 members (excludes halogenated alkanes) is 48. The molecule has 0 heterocycles. The van der Waals surface area contributed by atoms with Gasteiger partial charge in [-0.25, -0.2) is 9.13 Å². The fourth-order valence-electron chi connectivity index (χ4n) is 13.1. The molecule has 0 aromatic heterocycles. The number of aliphatic hydroxyl groups is 1. The Balaban J connectivity index is 5.21. The molecule has 0 radical (unpaired) electrons. The van der Waals surface area contributed by atoms with E-state index in [1.165, 1.54) is 250 Å². The lowest BCUT2D eigenvalue weighted by atomic mass is 9.99. The van der Waals surface area contributed by atoms with Crippen molar-refractivity contribution in [1.82, 2.24) is 0 Å². The van der Waals surface area contributed by atoms with E-state index in [1.807, 2.05) is 0 Å². The highest BCUT2D eigenvalue weighted by atomic mass is 31.2. The largest absolute Gasteiger partial charge is 0.472 e. The third-order valence-corrected chi connectivity index (χ3v) is 22.9. The minimum atomic E-state index is -4.97. The van der Waals surface area contributed by atoms with Crippen molar-refractivity contribution in [2.24, 2.45) is 17.8 Å². The predicted molar refractivity (Wildman–Crippen MR) is 428 cm³/mol. The Morgan fingerprint density at radius 1 is 0.269 bits per heavy atom. The summed E-state index contributed by atoms with van der Waals surface area (Å²) in [6.07, 6.45) is 65.4. The molecule has 618 valence electrons. The number of phosphoric acid groups is 2. The average Bonchev–Trinajstić information content (AvgIpc) is 1.01. The molecule has 0 amide bonds. The van der Waals surface area contributed by atoms with Gasteiger partial charge in [0.2, 0.25) is 0 Å². The van der Waals surface area contributed by atoms with Crippen LogP contribution >= 0.6 is 15.6 Å². The summed E-state index contributed by atoms with van der Waals surface area (Å²) in [7, 11) is -9.93. The Labute approximate surface area is 638 Å². The van der Waals surface area contributed by atoms with Crippen molar-refractivity contribution in [3.63, 3.8) is 0 Å². The van der Waals surface area contributed by atoms with E-state index >= 15 is 0 Å². The summed E-state index contributed by atoms with van der Waals surface area (Å²) in [6.45, 7) is 12.0. The molecule has 3 N–H and O–H groups in total. The Bertz CT molecular complexity index is 2010. The van der Waals surface area contributed by atoms with E-state index < -0.39 is 97.5 Å². The van der Waals surface area contributed by atoms with Crippen molar-refractivity contribution in [2.75, 3.05) is 39.6 Å². The van der Waals surface area contributed by atoms with Crippen molar-refractivity contribution >= 4 is 39.5 Å². The van der Waals surface area contributed by atoms with Crippen LogP contribution in [0.15, 0.2) is 0 Å².